The van der Waals surface area contributed by atoms with E-state index in [1.165, 1.54) is 7.11 Å². The number of hydrogen-bond donors (Lipinski definition) is 0. The number of fused-ring (bicyclic) bond motifs is 1. The Hall–Kier alpha value is -1.57. The number of ether oxygens (including phenoxy) is 1. The van der Waals surface area contributed by atoms with Crippen molar-refractivity contribution in [2.24, 2.45) is 0 Å². The zero-order valence-corrected chi connectivity index (χ0v) is 7.17. The first-order valence-corrected chi connectivity index (χ1v) is 3.95. The third-order valence-corrected chi connectivity index (χ3v) is 1.98. The third kappa shape index (κ3) is 1.24. The first kappa shape index (κ1) is 8.05. The average Bonchev–Trinajstić information content (AvgIpc) is 2.19. The highest BCUT2D eigenvalue weighted by atomic mass is 19.1. The summed E-state index contributed by atoms with van der Waals surface area (Å²) in [7, 11) is 1.46. The fourth-order valence-electron chi connectivity index (χ4n) is 1.31. The van der Waals surface area contributed by atoms with Gasteiger partial charge in [-0.05, 0) is 23.6 Å². The maximum atomic E-state index is 13.5. The van der Waals surface area contributed by atoms with E-state index in [4.69, 9.17) is 4.74 Å². The molecule has 13 heavy (non-hydrogen) atoms. The minimum absolute atomic E-state index is 0.277. The van der Waals surface area contributed by atoms with Crippen LogP contribution in [0.5, 0.6) is 5.75 Å². The Morgan fingerprint density at radius 2 is 2.15 bits per heavy atom. The molecule has 0 unspecified atom stereocenters. The second-order valence-electron chi connectivity index (χ2n) is 2.73. The van der Waals surface area contributed by atoms with Crippen molar-refractivity contribution in [3.63, 3.8) is 0 Å². The van der Waals surface area contributed by atoms with Crippen LogP contribution in [0, 0.1) is 11.9 Å². The molecule has 2 heteroatoms. The Morgan fingerprint density at radius 1 is 1.31 bits per heavy atom. The number of benzene rings is 2. The van der Waals surface area contributed by atoms with Gasteiger partial charge in [0, 0.05) is 5.39 Å². The van der Waals surface area contributed by atoms with Gasteiger partial charge < -0.3 is 4.74 Å². The summed E-state index contributed by atoms with van der Waals surface area (Å²) in [6, 6.07) is 11.4. The van der Waals surface area contributed by atoms with E-state index in [1.54, 1.807) is 24.3 Å². The van der Waals surface area contributed by atoms with E-state index in [0.717, 1.165) is 5.39 Å². The van der Waals surface area contributed by atoms with E-state index in [9.17, 15) is 4.39 Å². The van der Waals surface area contributed by atoms with Gasteiger partial charge in [-0.2, -0.15) is 0 Å². The van der Waals surface area contributed by atoms with E-state index in [0.29, 0.717) is 5.39 Å². The van der Waals surface area contributed by atoms with Crippen molar-refractivity contribution >= 4 is 10.8 Å². The molecule has 0 aliphatic rings. The third-order valence-electron chi connectivity index (χ3n) is 1.98. The van der Waals surface area contributed by atoms with E-state index in [1.807, 2.05) is 6.07 Å². The normalized spacial score (nSPS) is 10.3. The number of methoxy groups -OCH3 is 1. The van der Waals surface area contributed by atoms with Crippen molar-refractivity contribution in [3.8, 4) is 5.75 Å². The molecule has 2 aromatic carbocycles. The molecule has 0 N–H and O–H groups in total. The lowest BCUT2D eigenvalue weighted by atomic mass is 10.1. The van der Waals surface area contributed by atoms with Gasteiger partial charge in [0.2, 0.25) is 0 Å². The molecule has 65 valence electrons. The quantitative estimate of drug-likeness (QED) is 0.647. The lowest BCUT2D eigenvalue weighted by Crippen LogP contribution is -1.88. The van der Waals surface area contributed by atoms with Gasteiger partial charge in [0.15, 0.2) is 11.6 Å². The SMILES string of the molecule is COc1ccc2c[c]ccc2c1F. The molecule has 0 saturated heterocycles. The minimum Gasteiger partial charge on any atom is -0.494 e. The van der Waals surface area contributed by atoms with Crippen LogP contribution in [0.3, 0.4) is 0 Å². The summed E-state index contributed by atoms with van der Waals surface area (Å²) >= 11 is 0. The molecule has 0 aromatic heterocycles. The van der Waals surface area contributed by atoms with Crippen LogP contribution in [0.1, 0.15) is 0 Å². The molecule has 1 radical (unpaired) electrons. The molecule has 0 bridgehead atoms. The van der Waals surface area contributed by atoms with E-state index in [2.05, 4.69) is 6.07 Å². The summed E-state index contributed by atoms with van der Waals surface area (Å²) in [6.07, 6.45) is 0. The van der Waals surface area contributed by atoms with Crippen LogP contribution in [0.4, 0.5) is 4.39 Å². The van der Waals surface area contributed by atoms with Crippen LogP contribution < -0.4 is 4.74 Å². The summed E-state index contributed by atoms with van der Waals surface area (Å²) < 4.78 is 18.4. The first-order valence-electron chi connectivity index (χ1n) is 3.95. The van der Waals surface area contributed by atoms with Gasteiger partial charge in [-0.3, -0.25) is 0 Å². The molecule has 0 aliphatic carbocycles. The van der Waals surface area contributed by atoms with Crippen LogP contribution in [-0.2, 0) is 0 Å². The van der Waals surface area contributed by atoms with Crippen molar-refractivity contribution in [1.82, 2.24) is 0 Å². The highest BCUT2D eigenvalue weighted by Gasteiger charge is 2.05. The van der Waals surface area contributed by atoms with Gasteiger partial charge >= 0.3 is 0 Å². The van der Waals surface area contributed by atoms with Gasteiger partial charge in [-0.1, -0.05) is 18.2 Å². The Kier molecular flexibility index (Phi) is 1.89. The molecule has 2 rings (SSSR count). The Morgan fingerprint density at radius 3 is 2.92 bits per heavy atom. The van der Waals surface area contributed by atoms with E-state index < -0.39 is 0 Å². The average molecular weight is 175 g/mol. The number of halogens is 1. The summed E-state index contributed by atoms with van der Waals surface area (Å²) in [5.74, 6) is -0.0345. The second-order valence-corrected chi connectivity index (χ2v) is 2.73. The molecule has 0 saturated carbocycles. The lowest BCUT2D eigenvalue weighted by molar-refractivity contribution is 0.389. The fourth-order valence-corrected chi connectivity index (χ4v) is 1.31. The van der Waals surface area contributed by atoms with Crippen LogP contribution in [0.25, 0.3) is 10.8 Å². The van der Waals surface area contributed by atoms with Crippen molar-refractivity contribution in [2.45, 2.75) is 0 Å². The summed E-state index contributed by atoms with van der Waals surface area (Å²) in [6.45, 7) is 0. The highest BCUT2D eigenvalue weighted by molar-refractivity contribution is 5.84. The van der Waals surface area contributed by atoms with Crippen LogP contribution in [0.15, 0.2) is 30.3 Å². The molecule has 0 fully saturated rings. The van der Waals surface area contributed by atoms with Gasteiger partial charge in [0.25, 0.3) is 0 Å². The summed E-state index contributed by atoms with van der Waals surface area (Å²) in [5, 5.41) is 1.40. The van der Waals surface area contributed by atoms with E-state index >= 15 is 0 Å². The van der Waals surface area contributed by atoms with Crippen LogP contribution >= 0.6 is 0 Å². The van der Waals surface area contributed by atoms with Gasteiger partial charge in [-0.15, -0.1) is 0 Å². The largest absolute Gasteiger partial charge is 0.494 e. The van der Waals surface area contributed by atoms with Crippen molar-refractivity contribution in [3.05, 3.63) is 42.2 Å². The molecule has 0 spiro atoms. The van der Waals surface area contributed by atoms with Crippen molar-refractivity contribution < 1.29 is 9.13 Å². The zero-order valence-electron chi connectivity index (χ0n) is 7.17. The predicted molar refractivity (Wildman–Crippen MR) is 49.3 cm³/mol. The topological polar surface area (TPSA) is 9.23 Å². The fraction of sp³-hybridized carbons (Fsp3) is 0.0909. The Balaban J connectivity index is 2.79. The zero-order chi connectivity index (χ0) is 9.26. The highest BCUT2D eigenvalue weighted by Crippen LogP contribution is 2.25. The summed E-state index contributed by atoms with van der Waals surface area (Å²) in [4.78, 5) is 0. The van der Waals surface area contributed by atoms with Gasteiger partial charge in [-0.25, -0.2) is 4.39 Å². The Labute approximate surface area is 75.8 Å². The standard InChI is InChI=1S/C11H8FO/c1-13-10-7-6-8-4-2-3-5-9(8)11(10)12/h3-7H,1H3. The monoisotopic (exact) mass is 175 g/mol. The van der Waals surface area contributed by atoms with Crippen LogP contribution in [0.2, 0.25) is 0 Å². The molecular weight excluding hydrogens is 167 g/mol. The number of hydrogen-bond acceptors (Lipinski definition) is 1. The van der Waals surface area contributed by atoms with Gasteiger partial charge in [0.1, 0.15) is 0 Å². The Bertz CT molecular complexity index is 437. The van der Waals surface area contributed by atoms with Crippen LogP contribution in [-0.4, -0.2) is 7.11 Å². The lowest BCUT2D eigenvalue weighted by Gasteiger charge is -2.04. The molecule has 1 nitrogen and oxygen atoms in total. The molecule has 0 amide bonds. The molecule has 0 heterocycles. The maximum absolute atomic E-state index is 13.5. The maximum Gasteiger partial charge on any atom is 0.172 e. The number of rotatable bonds is 1. The molecule has 0 atom stereocenters. The smallest absolute Gasteiger partial charge is 0.172 e. The second kappa shape index (κ2) is 3.05. The van der Waals surface area contributed by atoms with Crippen molar-refractivity contribution in [2.75, 3.05) is 7.11 Å². The molecule has 2 aromatic rings. The van der Waals surface area contributed by atoms with Gasteiger partial charge in [0.05, 0.1) is 7.11 Å². The summed E-state index contributed by atoms with van der Waals surface area (Å²) in [5.41, 5.74) is 0. The minimum atomic E-state index is -0.311. The predicted octanol–water partition coefficient (Wildman–Crippen LogP) is 2.79. The van der Waals surface area contributed by atoms with E-state index in [-0.39, 0.29) is 11.6 Å². The molecule has 0 aliphatic heterocycles. The van der Waals surface area contributed by atoms with Crippen molar-refractivity contribution in [1.29, 1.82) is 0 Å². The first-order chi connectivity index (χ1) is 6.33. The molecular formula is C11H8FO.